The molecule has 2 fully saturated rings. The number of hydrogen-bond acceptors (Lipinski definition) is 15. The summed E-state index contributed by atoms with van der Waals surface area (Å²) in [5.41, 5.74) is 0. The molecule has 0 aliphatic carbocycles. The predicted octanol–water partition coefficient (Wildman–Crippen LogP) is 10.7. The molecule has 11 atom stereocenters. The summed E-state index contributed by atoms with van der Waals surface area (Å²) in [5.74, 6) is -0.902. The van der Waals surface area contributed by atoms with Gasteiger partial charge in [0.2, 0.25) is 0 Å². The molecule has 2 heterocycles. The van der Waals surface area contributed by atoms with Crippen LogP contribution >= 0.6 is 0 Å². The zero-order valence-corrected chi connectivity index (χ0v) is 46.9. The van der Waals surface area contributed by atoms with E-state index in [1.165, 1.54) is 193 Å². The highest BCUT2D eigenvalue weighted by Crippen LogP contribution is 2.27. The summed E-state index contributed by atoms with van der Waals surface area (Å²) in [6.07, 6.45) is 31.2. The van der Waals surface area contributed by atoms with Crippen LogP contribution in [0.25, 0.3) is 0 Å². The lowest BCUT2D eigenvalue weighted by molar-refractivity contribution is -0.332. The number of aliphatic hydroxyl groups is 7. The standard InChI is InChI=1S/C59H112O15/c1-3-5-7-9-11-13-15-17-19-21-22-23-24-25-26-28-30-32-34-36-38-40-42-51(62)72-47(44-69-50(61)41-39-37-35-33-31-29-27-20-18-16-14-12-10-8-6-4-2)45-70-58-57(68)55(66)53(64)49(74-58)46-71-59-56(67)54(65)52(63)48(43-60)73-59/h47-49,52-60,63-68H,3-46H2,1-2H3/t47-,48+,49+,52-,53-,54?,55?,56?,57?,58+,59+/m1/s1. The fraction of sp³-hybridized carbons (Fsp3) is 0.966. The van der Waals surface area contributed by atoms with Crippen LogP contribution in [0.4, 0.5) is 0 Å². The molecule has 0 amide bonds. The molecule has 74 heavy (non-hydrogen) atoms. The van der Waals surface area contributed by atoms with Gasteiger partial charge in [0.1, 0.15) is 55.4 Å². The largest absolute Gasteiger partial charge is 0.462 e. The molecular formula is C59H112O15. The Balaban J connectivity index is 1.71. The third kappa shape index (κ3) is 33.1. The van der Waals surface area contributed by atoms with Gasteiger partial charge < -0.3 is 64.2 Å². The Kier molecular flexibility index (Phi) is 43.0. The Morgan fingerprint density at radius 3 is 1.05 bits per heavy atom. The molecule has 15 heteroatoms. The van der Waals surface area contributed by atoms with Crippen molar-refractivity contribution in [3.8, 4) is 0 Å². The molecule has 2 saturated heterocycles. The maximum absolute atomic E-state index is 13.1. The monoisotopic (exact) mass is 1060 g/mol. The van der Waals surface area contributed by atoms with Crippen molar-refractivity contribution in [3.05, 3.63) is 0 Å². The summed E-state index contributed by atoms with van der Waals surface area (Å²) < 4.78 is 33.8. The first kappa shape index (κ1) is 68.6. The van der Waals surface area contributed by atoms with Gasteiger partial charge >= 0.3 is 11.9 Å². The van der Waals surface area contributed by atoms with Gasteiger partial charge in [-0.25, -0.2) is 0 Å². The van der Waals surface area contributed by atoms with Gasteiger partial charge in [-0.2, -0.15) is 0 Å². The van der Waals surface area contributed by atoms with Crippen molar-refractivity contribution >= 4 is 11.9 Å². The molecule has 2 rings (SSSR count). The van der Waals surface area contributed by atoms with Crippen molar-refractivity contribution < 1.29 is 73.8 Å². The zero-order valence-electron chi connectivity index (χ0n) is 46.9. The van der Waals surface area contributed by atoms with E-state index in [4.69, 9.17) is 28.4 Å². The maximum atomic E-state index is 13.1. The van der Waals surface area contributed by atoms with Gasteiger partial charge in [0.05, 0.1) is 19.8 Å². The van der Waals surface area contributed by atoms with Crippen LogP contribution in [0, 0.1) is 0 Å². The first-order chi connectivity index (χ1) is 36.0. The van der Waals surface area contributed by atoms with Gasteiger partial charge in [0, 0.05) is 12.8 Å². The van der Waals surface area contributed by atoms with E-state index in [1.54, 1.807) is 0 Å². The topological polar surface area (TPSA) is 231 Å². The highest BCUT2D eigenvalue weighted by Gasteiger charge is 2.47. The smallest absolute Gasteiger partial charge is 0.306 e. The van der Waals surface area contributed by atoms with E-state index in [0.717, 1.165) is 38.5 Å². The Morgan fingerprint density at radius 2 is 0.689 bits per heavy atom. The number of aliphatic hydroxyl groups excluding tert-OH is 7. The van der Waals surface area contributed by atoms with E-state index >= 15 is 0 Å². The van der Waals surface area contributed by atoms with Crippen LogP contribution in [0.2, 0.25) is 0 Å². The molecule has 0 radical (unpaired) electrons. The van der Waals surface area contributed by atoms with E-state index < -0.39 is 92.7 Å². The summed E-state index contributed by atoms with van der Waals surface area (Å²) in [6, 6.07) is 0. The highest BCUT2D eigenvalue weighted by molar-refractivity contribution is 5.70. The van der Waals surface area contributed by atoms with Gasteiger partial charge in [0.15, 0.2) is 18.7 Å². The van der Waals surface area contributed by atoms with E-state index in [0.29, 0.717) is 12.8 Å². The summed E-state index contributed by atoms with van der Waals surface area (Å²) in [4.78, 5) is 25.9. The summed E-state index contributed by atoms with van der Waals surface area (Å²) in [6.45, 7) is 2.67. The number of hydrogen-bond donors (Lipinski definition) is 7. The van der Waals surface area contributed by atoms with Crippen molar-refractivity contribution in [2.45, 2.75) is 338 Å². The number of carbonyl (C=O) groups excluding carboxylic acids is 2. The Labute approximate surface area is 448 Å². The van der Waals surface area contributed by atoms with Crippen LogP contribution in [-0.2, 0) is 38.0 Å². The van der Waals surface area contributed by atoms with Crippen molar-refractivity contribution in [2.24, 2.45) is 0 Å². The van der Waals surface area contributed by atoms with Crippen molar-refractivity contribution in [2.75, 3.05) is 26.4 Å². The zero-order chi connectivity index (χ0) is 53.9. The van der Waals surface area contributed by atoms with E-state index in [2.05, 4.69) is 13.8 Å². The second kappa shape index (κ2) is 46.4. The van der Waals surface area contributed by atoms with Crippen LogP contribution in [0.3, 0.4) is 0 Å². The number of esters is 2. The molecule has 15 nitrogen and oxygen atoms in total. The average molecular weight is 1060 g/mol. The normalized spacial score (nSPS) is 24.6. The summed E-state index contributed by atoms with van der Waals surface area (Å²) in [5, 5.41) is 72.3. The average Bonchev–Trinajstić information content (AvgIpc) is 3.39. The molecule has 0 saturated carbocycles. The maximum Gasteiger partial charge on any atom is 0.306 e. The van der Waals surface area contributed by atoms with E-state index in [9.17, 15) is 45.3 Å². The quantitative estimate of drug-likeness (QED) is 0.0222. The van der Waals surface area contributed by atoms with Crippen LogP contribution < -0.4 is 0 Å². The predicted molar refractivity (Wildman–Crippen MR) is 289 cm³/mol. The molecule has 7 N–H and O–H groups in total. The Hall–Kier alpha value is -1.50. The van der Waals surface area contributed by atoms with Gasteiger partial charge in [-0.05, 0) is 12.8 Å². The molecule has 4 unspecified atom stereocenters. The number of ether oxygens (including phenoxy) is 6. The van der Waals surface area contributed by atoms with Gasteiger partial charge in [-0.15, -0.1) is 0 Å². The third-order valence-corrected chi connectivity index (χ3v) is 15.1. The fourth-order valence-corrected chi connectivity index (χ4v) is 10.1. The molecule has 0 aromatic rings. The lowest BCUT2D eigenvalue weighted by Crippen LogP contribution is -2.61. The Morgan fingerprint density at radius 1 is 0.378 bits per heavy atom. The number of carbonyl (C=O) groups is 2. The van der Waals surface area contributed by atoms with Crippen LogP contribution in [0.5, 0.6) is 0 Å². The first-order valence-electron chi connectivity index (χ1n) is 30.6. The lowest BCUT2D eigenvalue weighted by Gasteiger charge is -2.42. The molecule has 438 valence electrons. The highest BCUT2D eigenvalue weighted by atomic mass is 16.7. The van der Waals surface area contributed by atoms with Gasteiger partial charge in [0.25, 0.3) is 0 Å². The Bertz CT molecular complexity index is 1290. The summed E-state index contributed by atoms with van der Waals surface area (Å²) in [7, 11) is 0. The first-order valence-corrected chi connectivity index (χ1v) is 30.6. The SMILES string of the molecule is CCCCCCCCCCCCCCCCCCCCCCCCC(=O)O[C@H](COC(=O)CCCCCCCCCCCCCCCCCC)CO[C@H]1O[C@@H](CO[C@H]2O[C@@H](CO)[C@@H](O)C(O)C2O)[C@@H](O)C(O)C1O. The molecule has 0 spiro atoms. The van der Waals surface area contributed by atoms with E-state index in [1.807, 2.05) is 0 Å². The lowest BCUT2D eigenvalue weighted by atomic mass is 9.98. The summed E-state index contributed by atoms with van der Waals surface area (Å²) >= 11 is 0. The van der Waals surface area contributed by atoms with Crippen molar-refractivity contribution in [1.82, 2.24) is 0 Å². The van der Waals surface area contributed by atoms with Gasteiger partial charge in [-0.3, -0.25) is 9.59 Å². The third-order valence-electron chi connectivity index (χ3n) is 15.1. The van der Waals surface area contributed by atoms with Gasteiger partial charge in [-0.1, -0.05) is 245 Å². The van der Waals surface area contributed by atoms with Crippen LogP contribution in [0.15, 0.2) is 0 Å². The molecular weight excluding hydrogens is 949 g/mol. The molecule has 2 aliphatic heterocycles. The minimum absolute atomic E-state index is 0.174. The fourth-order valence-electron chi connectivity index (χ4n) is 10.1. The van der Waals surface area contributed by atoms with Crippen LogP contribution in [-0.4, -0.2) is 142 Å². The molecule has 2 aliphatic rings. The van der Waals surface area contributed by atoms with Crippen molar-refractivity contribution in [3.63, 3.8) is 0 Å². The van der Waals surface area contributed by atoms with Crippen LogP contribution in [0.1, 0.15) is 271 Å². The second-order valence-electron chi connectivity index (χ2n) is 21.9. The number of unbranched alkanes of at least 4 members (excludes halogenated alkanes) is 36. The molecule has 0 aromatic heterocycles. The molecule has 0 aromatic carbocycles. The minimum Gasteiger partial charge on any atom is -0.462 e. The van der Waals surface area contributed by atoms with Crippen molar-refractivity contribution in [1.29, 1.82) is 0 Å². The van der Waals surface area contributed by atoms with E-state index in [-0.39, 0.29) is 26.1 Å². The second-order valence-corrected chi connectivity index (χ2v) is 21.9. The minimum atomic E-state index is -1.76. The molecule has 0 bridgehead atoms. The number of rotatable bonds is 50.